The van der Waals surface area contributed by atoms with Gasteiger partial charge in [0.15, 0.2) is 35.0 Å². The van der Waals surface area contributed by atoms with Crippen LogP contribution in [0.25, 0.3) is 21.9 Å². The second-order valence-electron chi connectivity index (χ2n) is 11.2. The van der Waals surface area contributed by atoms with Crippen LogP contribution in [0.1, 0.15) is 27.0 Å². The molecule has 14 nitrogen and oxygen atoms in total. The van der Waals surface area contributed by atoms with E-state index in [1.54, 1.807) is 45.2 Å². The fraction of sp³-hybridized carbons (Fsp3) is 0.429. The number of ether oxygens (including phenoxy) is 2. The molecule has 1 saturated heterocycles. The molecule has 2 aliphatic rings. The van der Waals surface area contributed by atoms with Crippen molar-refractivity contribution in [3.05, 3.63) is 48.8 Å². The van der Waals surface area contributed by atoms with E-state index in [9.17, 15) is 14.5 Å². The van der Waals surface area contributed by atoms with Crippen LogP contribution in [0, 0.1) is 0 Å². The summed E-state index contributed by atoms with van der Waals surface area (Å²) >= 11 is 6.30. The van der Waals surface area contributed by atoms with Gasteiger partial charge in [0, 0.05) is 12.4 Å². The Morgan fingerprint density at radius 3 is 2.67 bits per heavy atom. The van der Waals surface area contributed by atoms with Crippen LogP contribution in [-0.2, 0) is 23.4 Å². The first-order chi connectivity index (χ1) is 21.4. The van der Waals surface area contributed by atoms with Gasteiger partial charge in [0.05, 0.1) is 18.3 Å². The highest BCUT2D eigenvalue weighted by molar-refractivity contribution is 7.52. The van der Waals surface area contributed by atoms with E-state index >= 15 is 4.39 Å². The van der Waals surface area contributed by atoms with Gasteiger partial charge in [0.25, 0.3) is 0 Å². The highest BCUT2D eigenvalue weighted by atomic mass is 35.5. The van der Waals surface area contributed by atoms with E-state index in [2.05, 4.69) is 25.4 Å². The maximum absolute atomic E-state index is 16.3. The Hall–Kier alpha value is -3.59. The van der Waals surface area contributed by atoms with Crippen LogP contribution in [0.15, 0.2) is 48.8 Å². The van der Waals surface area contributed by atoms with Crippen LogP contribution >= 0.6 is 19.3 Å². The summed E-state index contributed by atoms with van der Waals surface area (Å²) in [7, 11) is -2.97. The number of nitrogens with zero attached hydrogens (tertiary/aromatic N) is 4. The van der Waals surface area contributed by atoms with Gasteiger partial charge in [-0.05, 0) is 32.2 Å². The molecule has 1 saturated carbocycles. The normalized spacial score (nSPS) is 27.7. The number of aromatic nitrogens is 4. The average molecular weight is 664 g/mol. The van der Waals surface area contributed by atoms with Crippen molar-refractivity contribution >= 4 is 59.0 Å². The van der Waals surface area contributed by atoms with E-state index in [0.29, 0.717) is 16.7 Å². The zero-order valence-corrected chi connectivity index (χ0v) is 26.3. The quantitative estimate of drug-likeness (QED) is 0.104. The minimum Gasteiger partial charge on any atom is -0.462 e. The lowest BCUT2D eigenvalue weighted by atomic mass is 10.1. The number of halogens is 2. The number of carbonyl (C=O) groups excluding carboxylic acids is 1. The number of benzene rings is 2. The third-order valence-electron chi connectivity index (χ3n) is 7.84. The molecular weight excluding hydrogens is 632 g/mol. The van der Waals surface area contributed by atoms with Gasteiger partial charge in [-0.1, -0.05) is 36.4 Å². The van der Waals surface area contributed by atoms with Crippen molar-refractivity contribution in [2.24, 2.45) is 0 Å². The largest absolute Gasteiger partial charge is 0.462 e. The monoisotopic (exact) mass is 663 g/mol. The predicted molar refractivity (Wildman–Crippen MR) is 164 cm³/mol. The van der Waals surface area contributed by atoms with Crippen LogP contribution < -0.4 is 20.7 Å². The van der Waals surface area contributed by atoms with Crippen LogP contribution in [0.2, 0.25) is 0 Å². The number of hydrogen-bond acceptors (Lipinski definition) is 12. The lowest BCUT2D eigenvalue weighted by Gasteiger charge is -2.27. The Bertz CT molecular complexity index is 1820. The summed E-state index contributed by atoms with van der Waals surface area (Å²) in [6, 6.07) is 11.1. The van der Waals surface area contributed by atoms with Gasteiger partial charge in [0.1, 0.15) is 23.5 Å². The summed E-state index contributed by atoms with van der Waals surface area (Å²) in [5.74, 6) is -0.808. The van der Waals surface area contributed by atoms with Crippen LogP contribution in [-0.4, -0.2) is 79.1 Å². The molecule has 2 fully saturated rings. The van der Waals surface area contributed by atoms with Gasteiger partial charge in [-0.2, -0.15) is 15.1 Å². The number of hydrogen-bond donors (Lipinski definition) is 4. The molecule has 2 aromatic heterocycles. The second kappa shape index (κ2) is 11.3. The molecule has 5 N–H and O–H groups in total. The first-order valence-corrected chi connectivity index (χ1v) is 16.2. The fourth-order valence-corrected chi connectivity index (χ4v) is 7.80. The molecule has 3 heterocycles. The van der Waals surface area contributed by atoms with Crippen molar-refractivity contribution in [2.75, 3.05) is 24.0 Å². The lowest BCUT2D eigenvalue weighted by Crippen LogP contribution is -2.38. The predicted octanol–water partition coefficient (Wildman–Crippen LogP) is 3.69. The number of aliphatic hydroxyl groups is 1. The summed E-state index contributed by atoms with van der Waals surface area (Å²) in [6.45, 7) is 4.74. The Labute approximate surface area is 261 Å². The summed E-state index contributed by atoms with van der Waals surface area (Å²) in [6.07, 6.45) is -4.37. The van der Waals surface area contributed by atoms with E-state index < -0.39 is 61.4 Å². The van der Waals surface area contributed by atoms with Crippen LogP contribution in [0.5, 0.6) is 5.75 Å². The highest BCUT2D eigenvalue weighted by Crippen LogP contribution is 2.69. The van der Waals surface area contributed by atoms with Crippen molar-refractivity contribution in [1.82, 2.24) is 24.6 Å². The van der Waals surface area contributed by atoms with Gasteiger partial charge >= 0.3 is 13.7 Å². The number of nitrogens with two attached hydrogens (primary N) is 1. The first kappa shape index (κ1) is 31.4. The van der Waals surface area contributed by atoms with Crippen molar-refractivity contribution < 1.29 is 37.4 Å². The standard InChI is InChI=1S/C28H32ClFN7O7P/c1-14(2)41-24(38)15(3)36-45(40,43-18-11-7-9-16-8-5-6-10-17(16)18)44-25-27(12-29)28(25,39)20(30)23(42-27)37-13-33-19-21(32-4)34-26(31)35-22(19)37/h5-11,13-15,20,23,25,39H,12H2,1-4H3,(H,36,40)(H3,31,32,34,35)/t15-,20+,23-,25?,27-,28-,45?/m1/s1. The summed E-state index contributed by atoms with van der Waals surface area (Å²) in [4.78, 5) is 25.2. The van der Waals surface area contributed by atoms with E-state index in [0.717, 1.165) is 5.39 Å². The zero-order chi connectivity index (χ0) is 32.3. The number of fused-ring (bicyclic) bond motifs is 3. The summed E-state index contributed by atoms with van der Waals surface area (Å²) in [5.41, 5.74) is 2.05. The van der Waals surface area contributed by atoms with Crippen molar-refractivity contribution in [3.63, 3.8) is 0 Å². The molecule has 17 heteroatoms. The Kier molecular flexibility index (Phi) is 7.91. The smallest absolute Gasteiger partial charge is 0.459 e. The Morgan fingerprint density at radius 2 is 1.98 bits per heavy atom. The number of nitrogen functional groups attached to an aromatic ring is 1. The number of esters is 1. The Balaban J connectivity index is 1.33. The Morgan fingerprint density at radius 1 is 1.24 bits per heavy atom. The van der Waals surface area contributed by atoms with Crippen molar-refractivity contribution in [1.29, 1.82) is 0 Å². The third kappa shape index (κ3) is 5.07. The molecule has 7 atom stereocenters. The fourth-order valence-electron chi connectivity index (χ4n) is 5.62. The maximum atomic E-state index is 16.3. The second-order valence-corrected chi connectivity index (χ2v) is 13.1. The van der Waals surface area contributed by atoms with Gasteiger partial charge < -0.3 is 30.2 Å². The molecule has 45 heavy (non-hydrogen) atoms. The molecular formula is C28H32ClFN7O7P. The van der Waals surface area contributed by atoms with Gasteiger partial charge in [-0.25, -0.2) is 13.9 Å². The molecule has 0 amide bonds. The molecule has 2 aromatic carbocycles. The van der Waals surface area contributed by atoms with E-state index in [1.165, 1.54) is 17.8 Å². The first-order valence-electron chi connectivity index (χ1n) is 14.1. The lowest BCUT2D eigenvalue weighted by molar-refractivity contribution is -0.149. The van der Waals surface area contributed by atoms with Gasteiger partial charge in [0.2, 0.25) is 5.95 Å². The summed E-state index contributed by atoms with van der Waals surface area (Å²) in [5, 5.41) is 18.5. The SMILES string of the molecule is CNc1nc(N)nc2c1ncn2[C@@H]1O[C@]2(CCl)C(OP(=O)(N[C@H](C)C(=O)OC(C)C)Oc3cccc4ccccc34)[C@]2(O)[C@H]1F. The molecule has 240 valence electrons. The average Bonchev–Trinajstić information content (AvgIpc) is 3.23. The third-order valence-corrected chi connectivity index (χ3v) is 9.86. The number of rotatable bonds is 11. The minimum atomic E-state index is -4.59. The van der Waals surface area contributed by atoms with E-state index in [1.807, 2.05) is 18.2 Å². The van der Waals surface area contributed by atoms with Crippen molar-refractivity contribution in [3.8, 4) is 5.75 Å². The molecule has 0 radical (unpaired) electrons. The van der Waals surface area contributed by atoms with E-state index in [4.69, 9.17) is 35.9 Å². The topological polar surface area (TPSA) is 185 Å². The van der Waals surface area contributed by atoms with Crippen molar-refractivity contribution in [2.45, 2.75) is 62.6 Å². The number of carbonyl (C=O) groups is 1. The zero-order valence-electron chi connectivity index (χ0n) is 24.7. The molecule has 1 aliphatic heterocycles. The number of imidazole rings is 1. The highest BCUT2D eigenvalue weighted by Gasteiger charge is 2.90. The molecule has 2 unspecified atom stereocenters. The van der Waals surface area contributed by atoms with E-state index in [-0.39, 0.29) is 17.3 Å². The van der Waals surface area contributed by atoms with Crippen LogP contribution in [0.3, 0.4) is 0 Å². The molecule has 0 spiro atoms. The molecule has 4 aromatic rings. The van der Waals surface area contributed by atoms with Gasteiger partial charge in [-0.3, -0.25) is 13.9 Å². The van der Waals surface area contributed by atoms with Crippen LogP contribution in [0.4, 0.5) is 16.2 Å². The maximum Gasteiger partial charge on any atom is 0.459 e. The summed E-state index contributed by atoms with van der Waals surface area (Å²) < 4.78 is 55.2. The number of nitrogens with one attached hydrogen (secondary N) is 2. The van der Waals surface area contributed by atoms with Gasteiger partial charge in [-0.15, -0.1) is 11.6 Å². The minimum absolute atomic E-state index is 0.0955. The molecule has 1 aliphatic carbocycles. The molecule has 0 bridgehead atoms. The number of alkyl halides is 2. The number of anilines is 2. The molecule has 6 rings (SSSR count).